The predicted molar refractivity (Wildman–Crippen MR) is 76.8 cm³/mol. The van der Waals surface area contributed by atoms with Crippen molar-refractivity contribution in [3.8, 4) is 0 Å². The molecule has 0 aromatic heterocycles. The van der Waals surface area contributed by atoms with Crippen molar-refractivity contribution in [3.05, 3.63) is 0 Å². The van der Waals surface area contributed by atoms with Gasteiger partial charge in [0.1, 0.15) is 0 Å². The first-order valence-corrected chi connectivity index (χ1v) is 7.27. The summed E-state index contributed by atoms with van der Waals surface area (Å²) < 4.78 is 0. The fourth-order valence-corrected chi connectivity index (χ4v) is 3.51. The summed E-state index contributed by atoms with van der Waals surface area (Å²) in [6.45, 7) is 2.97. The van der Waals surface area contributed by atoms with Crippen molar-refractivity contribution in [2.75, 3.05) is 6.54 Å². The van der Waals surface area contributed by atoms with Crippen LogP contribution in [0.4, 0.5) is 0 Å². The van der Waals surface area contributed by atoms with Crippen LogP contribution in [0.25, 0.3) is 0 Å². The molecule has 0 unspecified atom stereocenters. The molecule has 2 saturated carbocycles. The molecular weight excluding hydrogens is 248 g/mol. The lowest BCUT2D eigenvalue weighted by Crippen LogP contribution is -2.40. The van der Waals surface area contributed by atoms with Gasteiger partial charge in [-0.15, -0.1) is 12.4 Å². The van der Waals surface area contributed by atoms with Crippen LogP contribution in [0.1, 0.15) is 58.3 Å². The molecule has 2 aliphatic carbocycles. The van der Waals surface area contributed by atoms with E-state index in [1.165, 1.54) is 32.1 Å². The summed E-state index contributed by atoms with van der Waals surface area (Å²) in [5.41, 5.74) is 6.05. The number of nitrogens with zero attached hydrogens (tertiary/aromatic N) is 1. The summed E-state index contributed by atoms with van der Waals surface area (Å²) >= 11 is 0. The third-order valence-electron chi connectivity index (χ3n) is 4.58. The molecule has 3 nitrogen and oxygen atoms in total. The smallest absolute Gasteiger partial charge is 0.223 e. The Morgan fingerprint density at radius 3 is 2.33 bits per heavy atom. The summed E-state index contributed by atoms with van der Waals surface area (Å²) in [5.74, 6) is 0.791. The van der Waals surface area contributed by atoms with Gasteiger partial charge in [0, 0.05) is 25.0 Å². The van der Waals surface area contributed by atoms with E-state index >= 15 is 0 Å². The van der Waals surface area contributed by atoms with E-state index in [-0.39, 0.29) is 18.4 Å². The Bertz CT molecular complexity index is 267. The average molecular weight is 275 g/mol. The van der Waals surface area contributed by atoms with Crippen LogP contribution in [-0.4, -0.2) is 29.4 Å². The van der Waals surface area contributed by atoms with Gasteiger partial charge in [-0.2, -0.15) is 0 Å². The van der Waals surface area contributed by atoms with Crippen LogP contribution < -0.4 is 5.73 Å². The molecule has 0 aromatic carbocycles. The zero-order valence-electron chi connectivity index (χ0n) is 11.4. The normalized spacial score (nSPS) is 28.1. The second kappa shape index (κ2) is 7.34. The first kappa shape index (κ1) is 15.8. The molecule has 2 N–H and O–H groups in total. The van der Waals surface area contributed by atoms with Gasteiger partial charge < -0.3 is 10.6 Å². The number of hydrogen-bond donors (Lipinski definition) is 1. The van der Waals surface area contributed by atoms with Crippen molar-refractivity contribution in [2.45, 2.75) is 70.4 Å². The molecule has 2 rings (SSSR count). The van der Waals surface area contributed by atoms with Gasteiger partial charge >= 0.3 is 0 Å². The fraction of sp³-hybridized carbons (Fsp3) is 0.929. The maximum absolute atomic E-state index is 12.3. The lowest BCUT2D eigenvalue weighted by atomic mass is 9.99. The maximum atomic E-state index is 12.3. The standard InChI is InChI=1S/C14H26N2O.ClH/c1-2-16(12-7-3-4-8-12)14(17)10-11-6-5-9-13(11)15;/h11-13H,2-10,15H2,1H3;1H/t11-,13+;/m0./s1. The molecule has 2 aliphatic rings. The van der Waals surface area contributed by atoms with Gasteiger partial charge in [-0.05, 0) is 38.5 Å². The predicted octanol–water partition coefficient (Wildman–Crippen LogP) is 2.72. The van der Waals surface area contributed by atoms with Gasteiger partial charge in [-0.1, -0.05) is 19.3 Å². The summed E-state index contributed by atoms with van der Waals surface area (Å²) in [6, 6.07) is 0.784. The molecule has 106 valence electrons. The van der Waals surface area contributed by atoms with E-state index < -0.39 is 0 Å². The quantitative estimate of drug-likeness (QED) is 0.857. The molecule has 2 atom stereocenters. The summed E-state index contributed by atoms with van der Waals surface area (Å²) in [7, 11) is 0. The Morgan fingerprint density at radius 1 is 1.17 bits per heavy atom. The number of halogens is 1. The van der Waals surface area contributed by atoms with Crippen molar-refractivity contribution < 1.29 is 4.79 Å². The van der Waals surface area contributed by atoms with Crippen LogP contribution in [0.15, 0.2) is 0 Å². The molecule has 0 aromatic rings. The minimum atomic E-state index is 0. The molecule has 4 heteroatoms. The average Bonchev–Trinajstić information content (AvgIpc) is 2.93. The molecular formula is C14H27ClN2O. The lowest BCUT2D eigenvalue weighted by Gasteiger charge is -2.29. The van der Waals surface area contributed by atoms with Gasteiger partial charge in [0.05, 0.1) is 0 Å². The highest BCUT2D eigenvalue weighted by molar-refractivity contribution is 5.85. The summed E-state index contributed by atoms with van der Waals surface area (Å²) in [6.07, 6.45) is 9.13. The summed E-state index contributed by atoms with van der Waals surface area (Å²) in [5, 5.41) is 0. The van der Waals surface area contributed by atoms with E-state index in [9.17, 15) is 4.79 Å². The Balaban J connectivity index is 0.00000162. The van der Waals surface area contributed by atoms with E-state index in [1.54, 1.807) is 0 Å². The molecule has 18 heavy (non-hydrogen) atoms. The SMILES string of the molecule is CCN(C(=O)C[C@@H]1CCC[C@H]1N)C1CCCC1.Cl. The van der Waals surface area contributed by atoms with E-state index in [0.717, 1.165) is 19.4 Å². The zero-order chi connectivity index (χ0) is 12.3. The molecule has 1 amide bonds. The lowest BCUT2D eigenvalue weighted by molar-refractivity contribution is -0.134. The van der Waals surface area contributed by atoms with Crippen molar-refractivity contribution in [2.24, 2.45) is 11.7 Å². The third-order valence-corrected chi connectivity index (χ3v) is 4.58. The Hall–Kier alpha value is -0.280. The zero-order valence-corrected chi connectivity index (χ0v) is 12.3. The number of nitrogens with two attached hydrogens (primary N) is 1. The molecule has 0 aliphatic heterocycles. The van der Waals surface area contributed by atoms with E-state index in [2.05, 4.69) is 11.8 Å². The van der Waals surface area contributed by atoms with Gasteiger partial charge in [-0.3, -0.25) is 4.79 Å². The van der Waals surface area contributed by atoms with Crippen molar-refractivity contribution >= 4 is 18.3 Å². The van der Waals surface area contributed by atoms with Crippen molar-refractivity contribution in [1.29, 1.82) is 0 Å². The highest BCUT2D eigenvalue weighted by atomic mass is 35.5. The maximum Gasteiger partial charge on any atom is 0.223 e. The van der Waals surface area contributed by atoms with Crippen LogP contribution in [0.2, 0.25) is 0 Å². The minimum Gasteiger partial charge on any atom is -0.340 e. The first-order valence-electron chi connectivity index (χ1n) is 7.27. The number of hydrogen-bond acceptors (Lipinski definition) is 2. The second-order valence-corrected chi connectivity index (χ2v) is 5.68. The number of carbonyl (C=O) groups is 1. The second-order valence-electron chi connectivity index (χ2n) is 5.68. The highest BCUT2D eigenvalue weighted by Gasteiger charge is 2.30. The minimum absolute atomic E-state index is 0. The Labute approximate surface area is 117 Å². The molecule has 0 heterocycles. The highest BCUT2D eigenvalue weighted by Crippen LogP contribution is 2.29. The monoisotopic (exact) mass is 274 g/mol. The molecule has 0 radical (unpaired) electrons. The van der Waals surface area contributed by atoms with Crippen LogP contribution >= 0.6 is 12.4 Å². The van der Waals surface area contributed by atoms with Crippen LogP contribution in [-0.2, 0) is 4.79 Å². The molecule has 0 bridgehead atoms. The topological polar surface area (TPSA) is 46.3 Å². The Kier molecular flexibility index (Phi) is 6.44. The van der Waals surface area contributed by atoms with Gasteiger partial charge in [0.2, 0.25) is 5.91 Å². The van der Waals surface area contributed by atoms with Gasteiger partial charge in [0.15, 0.2) is 0 Å². The summed E-state index contributed by atoms with van der Waals surface area (Å²) in [4.78, 5) is 14.4. The third kappa shape index (κ3) is 3.61. The van der Waals surface area contributed by atoms with E-state index in [0.29, 0.717) is 24.3 Å². The fourth-order valence-electron chi connectivity index (χ4n) is 3.51. The van der Waals surface area contributed by atoms with Crippen LogP contribution in [0.5, 0.6) is 0 Å². The van der Waals surface area contributed by atoms with Gasteiger partial charge in [-0.25, -0.2) is 0 Å². The van der Waals surface area contributed by atoms with Crippen LogP contribution in [0, 0.1) is 5.92 Å². The van der Waals surface area contributed by atoms with Crippen LogP contribution in [0.3, 0.4) is 0 Å². The number of carbonyl (C=O) groups excluding carboxylic acids is 1. The first-order chi connectivity index (χ1) is 8.22. The molecule has 2 fully saturated rings. The van der Waals surface area contributed by atoms with Crippen molar-refractivity contribution in [3.63, 3.8) is 0 Å². The number of rotatable bonds is 4. The number of amides is 1. The van der Waals surface area contributed by atoms with E-state index in [4.69, 9.17) is 5.73 Å². The van der Waals surface area contributed by atoms with Crippen molar-refractivity contribution in [1.82, 2.24) is 4.90 Å². The molecule has 0 saturated heterocycles. The molecule has 0 spiro atoms. The Morgan fingerprint density at radius 2 is 1.83 bits per heavy atom. The van der Waals surface area contributed by atoms with E-state index in [1.807, 2.05) is 0 Å². The largest absolute Gasteiger partial charge is 0.340 e. The van der Waals surface area contributed by atoms with Gasteiger partial charge in [0.25, 0.3) is 0 Å².